The minimum atomic E-state index is -1.20. The summed E-state index contributed by atoms with van der Waals surface area (Å²) >= 11 is 1.19. The van der Waals surface area contributed by atoms with E-state index in [4.69, 9.17) is 15.3 Å². The number of aliphatic hydroxyl groups excluding tert-OH is 2. The maximum atomic E-state index is 11.6. The van der Waals surface area contributed by atoms with Crippen LogP contribution >= 0.6 is 11.8 Å². The van der Waals surface area contributed by atoms with Gasteiger partial charge in [0.25, 0.3) is 0 Å². The van der Waals surface area contributed by atoms with Crippen LogP contribution in [0.2, 0.25) is 0 Å². The molecular formula is C9H11NO5S. The molecule has 3 N–H and O–H groups in total. The van der Waals surface area contributed by atoms with Crippen LogP contribution in [-0.4, -0.2) is 50.7 Å². The maximum Gasteiger partial charge on any atom is 0.353 e. The van der Waals surface area contributed by atoms with Crippen LogP contribution < -0.4 is 0 Å². The van der Waals surface area contributed by atoms with Gasteiger partial charge in [0.1, 0.15) is 5.70 Å². The molecule has 0 unspecified atom stereocenters. The number of thioether (sulfide) groups is 1. The molecule has 2 heterocycles. The van der Waals surface area contributed by atoms with Gasteiger partial charge in [0.15, 0.2) is 0 Å². The first-order valence-electron chi connectivity index (χ1n) is 4.79. The molecule has 0 aliphatic carbocycles. The number of hydrogen-bond acceptors (Lipinski definition) is 5. The van der Waals surface area contributed by atoms with Gasteiger partial charge >= 0.3 is 5.97 Å². The number of carboxylic acid groups (broad SMARTS) is 1. The molecule has 2 atom stereocenters. The van der Waals surface area contributed by atoms with Crippen LogP contribution in [0.5, 0.6) is 0 Å². The van der Waals surface area contributed by atoms with Crippen molar-refractivity contribution in [2.45, 2.75) is 11.8 Å². The van der Waals surface area contributed by atoms with Gasteiger partial charge in [-0.15, -0.1) is 0 Å². The van der Waals surface area contributed by atoms with Gasteiger partial charge in [-0.05, 0) is 6.42 Å². The maximum absolute atomic E-state index is 11.6. The molecule has 2 aliphatic heterocycles. The zero-order valence-corrected chi connectivity index (χ0v) is 9.11. The molecule has 1 saturated heterocycles. The molecule has 6 nitrogen and oxygen atoms in total. The number of fused-ring (bicyclic) bond motifs is 1. The molecule has 1 fully saturated rings. The summed E-state index contributed by atoms with van der Waals surface area (Å²) in [6.07, 6.45) is 0.332. The summed E-state index contributed by atoms with van der Waals surface area (Å²) in [6, 6.07) is 0. The molecule has 0 aromatic carbocycles. The van der Waals surface area contributed by atoms with E-state index in [9.17, 15) is 9.59 Å². The number of rotatable bonds is 4. The Bertz CT molecular complexity index is 380. The van der Waals surface area contributed by atoms with Gasteiger partial charge in [0.05, 0.1) is 17.9 Å². The van der Waals surface area contributed by atoms with Crippen molar-refractivity contribution in [3.8, 4) is 0 Å². The van der Waals surface area contributed by atoms with Crippen LogP contribution in [0, 0.1) is 5.92 Å². The second-order valence-electron chi connectivity index (χ2n) is 3.57. The number of carbonyl (C=O) groups excluding carboxylic acids is 1. The summed E-state index contributed by atoms with van der Waals surface area (Å²) in [5, 5.41) is 26.5. The minimum Gasteiger partial charge on any atom is -0.477 e. The quantitative estimate of drug-likeness (QED) is 0.560. The molecular weight excluding hydrogens is 234 g/mol. The third-order valence-corrected chi connectivity index (χ3v) is 4.10. The summed E-state index contributed by atoms with van der Waals surface area (Å²) < 4.78 is 0. The van der Waals surface area contributed by atoms with Gasteiger partial charge in [0.2, 0.25) is 5.91 Å². The molecule has 0 spiro atoms. The van der Waals surface area contributed by atoms with Crippen LogP contribution in [-0.2, 0) is 9.59 Å². The minimum absolute atomic E-state index is 0.0990. The van der Waals surface area contributed by atoms with Crippen LogP contribution in [0.4, 0.5) is 0 Å². The first-order valence-corrected chi connectivity index (χ1v) is 5.67. The predicted molar refractivity (Wildman–Crippen MR) is 55.2 cm³/mol. The summed E-state index contributed by atoms with van der Waals surface area (Å²) in [4.78, 5) is 24.1. The first-order chi connectivity index (χ1) is 7.61. The topological polar surface area (TPSA) is 98.1 Å². The van der Waals surface area contributed by atoms with E-state index in [1.54, 1.807) is 0 Å². The Kier molecular flexibility index (Phi) is 2.92. The van der Waals surface area contributed by atoms with Gasteiger partial charge in [-0.1, -0.05) is 11.8 Å². The molecule has 2 aliphatic rings. The fourth-order valence-electron chi connectivity index (χ4n) is 1.97. The molecule has 0 aromatic rings. The predicted octanol–water partition coefficient (Wildman–Crippen LogP) is -0.811. The number of amides is 1. The van der Waals surface area contributed by atoms with E-state index in [1.165, 1.54) is 16.7 Å². The van der Waals surface area contributed by atoms with Gasteiger partial charge in [-0.3, -0.25) is 9.69 Å². The van der Waals surface area contributed by atoms with E-state index in [2.05, 4.69) is 0 Å². The number of aliphatic hydroxyl groups is 2. The van der Waals surface area contributed by atoms with E-state index in [0.717, 1.165) is 0 Å². The first kappa shape index (κ1) is 11.4. The van der Waals surface area contributed by atoms with E-state index in [0.29, 0.717) is 11.3 Å². The molecule has 1 amide bonds. The number of carboxylic acids is 1. The second kappa shape index (κ2) is 4.08. The van der Waals surface area contributed by atoms with E-state index < -0.39 is 5.97 Å². The fourth-order valence-corrected chi connectivity index (χ4v) is 3.37. The van der Waals surface area contributed by atoms with E-state index >= 15 is 0 Å². The van der Waals surface area contributed by atoms with Crippen molar-refractivity contribution in [1.29, 1.82) is 0 Å². The van der Waals surface area contributed by atoms with Crippen LogP contribution in [0.25, 0.3) is 0 Å². The standard InChI is InChI=1S/C9H11NO5S/c11-2-1-4-7(13)10-6(9(14)15)5(3-12)16-8(4)10/h4,8,11-12H,1-3H2,(H,14,15)/t4-,8+/m0/s1. The zero-order valence-electron chi connectivity index (χ0n) is 8.29. The van der Waals surface area contributed by atoms with Crippen LogP contribution in [0.1, 0.15) is 6.42 Å². The molecule has 0 saturated carbocycles. The second-order valence-corrected chi connectivity index (χ2v) is 4.78. The van der Waals surface area contributed by atoms with Gasteiger partial charge in [0, 0.05) is 11.5 Å². The highest BCUT2D eigenvalue weighted by Gasteiger charge is 2.55. The van der Waals surface area contributed by atoms with Gasteiger partial charge < -0.3 is 15.3 Å². The molecule has 0 bridgehead atoms. The third-order valence-electron chi connectivity index (χ3n) is 2.71. The Hall–Kier alpha value is -1.05. The number of aliphatic carboxylic acids is 1. The summed E-state index contributed by atoms with van der Waals surface area (Å²) in [6.45, 7) is -0.476. The Balaban J connectivity index is 2.22. The van der Waals surface area contributed by atoms with Crippen molar-refractivity contribution in [2.24, 2.45) is 5.92 Å². The van der Waals surface area contributed by atoms with Crippen LogP contribution in [0.3, 0.4) is 0 Å². The lowest BCUT2D eigenvalue weighted by atomic mass is 9.94. The highest BCUT2D eigenvalue weighted by atomic mass is 32.2. The summed E-state index contributed by atoms with van der Waals surface area (Å²) in [7, 11) is 0. The lowest BCUT2D eigenvalue weighted by Crippen LogP contribution is -2.57. The number of hydrogen-bond donors (Lipinski definition) is 3. The average molecular weight is 245 g/mol. The van der Waals surface area contributed by atoms with Crippen molar-refractivity contribution in [1.82, 2.24) is 4.90 Å². The average Bonchev–Trinajstić information content (AvgIpc) is 2.61. The Labute approximate surface area is 95.5 Å². The highest BCUT2D eigenvalue weighted by molar-refractivity contribution is 8.04. The van der Waals surface area contributed by atoms with Gasteiger partial charge in [-0.2, -0.15) is 0 Å². The smallest absolute Gasteiger partial charge is 0.353 e. The van der Waals surface area contributed by atoms with E-state index in [1.807, 2.05) is 0 Å². The Morgan fingerprint density at radius 2 is 2.12 bits per heavy atom. The summed E-state index contributed by atoms with van der Waals surface area (Å²) in [5.74, 6) is -1.82. The SMILES string of the molecule is O=C(O)C1=C(CO)S[C@@H]2[C@@H](CCO)C(=O)N12. The Morgan fingerprint density at radius 1 is 1.44 bits per heavy atom. The Morgan fingerprint density at radius 3 is 2.62 bits per heavy atom. The fraction of sp³-hybridized carbons (Fsp3) is 0.556. The van der Waals surface area contributed by atoms with Crippen molar-refractivity contribution in [3.05, 3.63) is 10.6 Å². The van der Waals surface area contributed by atoms with E-state index in [-0.39, 0.29) is 36.1 Å². The number of β-lactam (4-membered cyclic amide) rings is 1. The molecule has 2 rings (SSSR count). The molecule has 7 heteroatoms. The van der Waals surface area contributed by atoms with Crippen molar-refractivity contribution < 1.29 is 24.9 Å². The zero-order chi connectivity index (χ0) is 11.9. The summed E-state index contributed by atoms with van der Waals surface area (Å²) in [5.41, 5.74) is -0.114. The van der Waals surface area contributed by atoms with Crippen molar-refractivity contribution in [2.75, 3.05) is 13.2 Å². The normalized spacial score (nSPS) is 28.1. The van der Waals surface area contributed by atoms with Gasteiger partial charge in [-0.25, -0.2) is 4.79 Å². The molecule has 0 radical (unpaired) electrons. The van der Waals surface area contributed by atoms with Crippen molar-refractivity contribution >= 4 is 23.6 Å². The van der Waals surface area contributed by atoms with Crippen LogP contribution in [0.15, 0.2) is 10.6 Å². The molecule has 88 valence electrons. The molecule has 16 heavy (non-hydrogen) atoms. The molecule has 0 aromatic heterocycles. The lowest BCUT2D eigenvalue weighted by Gasteiger charge is -2.42. The van der Waals surface area contributed by atoms with Crippen molar-refractivity contribution in [3.63, 3.8) is 0 Å². The number of carbonyl (C=O) groups is 2. The monoisotopic (exact) mass is 245 g/mol. The third kappa shape index (κ3) is 1.43. The largest absolute Gasteiger partial charge is 0.477 e. The number of nitrogens with zero attached hydrogens (tertiary/aromatic N) is 1. The highest BCUT2D eigenvalue weighted by Crippen LogP contribution is 2.49. The lowest BCUT2D eigenvalue weighted by molar-refractivity contribution is -0.152.